The number of nitrogens with zero attached hydrogens (tertiary/aromatic N) is 2. The number of anilines is 2. The average Bonchev–Trinajstić information content (AvgIpc) is 2.68. The molecule has 0 bridgehead atoms. The van der Waals surface area contributed by atoms with Crippen LogP contribution in [0.15, 0.2) is 29.4 Å². The van der Waals surface area contributed by atoms with Crippen molar-refractivity contribution in [3.8, 4) is 0 Å². The quantitative estimate of drug-likeness (QED) is 0.587. The Kier molecular flexibility index (Phi) is 2.76. The van der Waals surface area contributed by atoms with Gasteiger partial charge in [-0.2, -0.15) is 0 Å². The molecule has 0 unspecified atom stereocenters. The molecule has 1 saturated heterocycles. The summed E-state index contributed by atoms with van der Waals surface area (Å²) >= 11 is 0. The van der Waals surface area contributed by atoms with E-state index in [1.54, 1.807) is 7.11 Å². The molecule has 1 fully saturated rings. The van der Waals surface area contributed by atoms with Crippen molar-refractivity contribution in [1.82, 2.24) is 0 Å². The highest BCUT2D eigenvalue weighted by Crippen LogP contribution is 2.20. The van der Waals surface area contributed by atoms with Gasteiger partial charge in [-0.1, -0.05) is 5.16 Å². The standard InChI is InChI=1S/C11H15N3O/c1-15-13-10-6-7-14(8-10)11-4-2-9(12)3-5-11/h2-5H,6-8,12H2,1H3/b13-10-. The molecule has 0 saturated carbocycles. The average molecular weight is 205 g/mol. The zero-order valence-corrected chi connectivity index (χ0v) is 8.81. The van der Waals surface area contributed by atoms with E-state index in [1.807, 2.05) is 24.3 Å². The number of hydrogen-bond donors (Lipinski definition) is 1. The fourth-order valence-electron chi connectivity index (χ4n) is 1.75. The third kappa shape index (κ3) is 2.21. The molecule has 1 heterocycles. The first-order valence-corrected chi connectivity index (χ1v) is 4.99. The number of hydrogen-bond acceptors (Lipinski definition) is 4. The molecule has 0 atom stereocenters. The fraction of sp³-hybridized carbons (Fsp3) is 0.364. The van der Waals surface area contributed by atoms with Gasteiger partial charge in [-0.15, -0.1) is 0 Å². The molecule has 2 rings (SSSR count). The van der Waals surface area contributed by atoms with Crippen molar-refractivity contribution >= 4 is 17.1 Å². The van der Waals surface area contributed by atoms with Crippen LogP contribution >= 0.6 is 0 Å². The molecular formula is C11H15N3O. The molecule has 1 aliphatic rings. The molecule has 0 spiro atoms. The van der Waals surface area contributed by atoms with Crippen LogP contribution in [-0.2, 0) is 4.84 Å². The van der Waals surface area contributed by atoms with Gasteiger partial charge in [0.25, 0.3) is 0 Å². The van der Waals surface area contributed by atoms with Gasteiger partial charge < -0.3 is 15.5 Å². The Morgan fingerprint density at radius 3 is 2.73 bits per heavy atom. The molecule has 1 aliphatic heterocycles. The van der Waals surface area contributed by atoms with Gasteiger partial charge in [0.15, 0.2) is 0 Å². The first-order chi connectivity index (χ1) is 7.29. The van der Waals surface area contributed by atoms with Crippen molar-refractivity contribution in [1.29, 1.82) is 0 Å². The second-order valence-corrected chi connectivity index (χ2v) is 3.60. The van der Waals surface area contributed by atoms with Crippen LogP contribution in [0, 0.1) is 0 Å². The second kappa shape index (κ2) is 4.21. The lowest BCUT2D eigenvalue weighted by Crippen LogP contribution is -2.19. The predicted octanol–water partition coefficient (Wildman–Crippen LogP) is 1.48. The maximum absolute atomic E-state index is 5.64. The summed E-state index contributed by atoms with van der Waals surface area (Å²) in [5.41, 5.74) is 8.71. The van der Waals surface area contributed by atoms with Crippen LogP contribution in [0.4, 0.5) is 11.4 Å². The Bertz CT molecular complexity index is 359. The lowest BCUT2D eigenvalue weighted by Gasteiger charge is -2.16. The van der Waals surface area contributed by atoms with Gasteiger partial charge >= 0.3 is 0 Å². The number of oxime groups is 1. The zero-order chi connectivity index (χ0) is 10.7. The molecule has 4 heteroatoms. The second-order valence-electron chi connectivity index (χ2n) is 3.60. The summed E-state index contributed by atoms with van der Waals surface area (Å²) in [7, 11) is 1.58. The largest absolute Gasteiger partial charge is 0.399 e. The van der Waals surface area contributed by atoms with Crippen LogP contribution in [0.1, 0.15) is 6.42 Å². The van der Waals surface area contributed by atoms with Crippen molar-refractivity contribution < 1.29 is 4.84 Å². The van der Waals surface area contributed by atoms with Crippen molar-refractivity contribution in [2.45, 2.75) is 6.42 Å². The molecule has 0 radical (unpaired) electrons. The summed E-state index contributed by atoms with van der Waals surface area (Å²) in [5.74, 6) is 0. The van der Waals surface area contributed by atoms with E-state index >= 15 is 0 Å². The van der Waals surface area contributed by atoms with Gasteiger partial charge in [-0.05, 0) is 24.3 Å². The number of rotatable bonds is 2. The predicted molar refractivity (Wildman–Crippen MR) is 62.1 cm³/mol. The Morgan fingerprint density at radius 1 is 1.33 bits per heavy atom. The van der Waals surface area contributed by atoms with Crippen LogP contribution < -0.4 is 10.6 Å². The summed E-state index contributed by atoms with van der Waals surface area (Å²) < 4.78 is 0. The summed E-state index contributed by atoms with van der Waals surface area (Å²) in [5, 5.41) is 3.97. The molecule has 0 amide bonds. The molecular weight excluding hydrogens is 190 g/mol. The van der Waals surface area contributed by atoms with E-state index in [4.69, 9.17) is 10.6 Å². The van der Waals surface area contributed by atoms with Crippen LogP contribution in [0.2, 0.25) is 0 Å². The summed E-state index contributed by atoms with van der Waals surface area (Å²) in [6.07, 6.45) is 0.970. The lowest BCUT2D eigenvalue weighted by molar-refractivity contribution is 0.212. The Morgan fingerprint density at radius 2 is 2.07 bits per heavy atom. The van der Waals surface area contributed by atoms with Gasteiger partial charge in [0.1, 0.15) is 7.11 Å². The van der Waals surface area contributed by atoms with E-state index in [-0.39, 0.29) is 0 Å². The maximum Gasteiger partial charge on any atom is 0.106 e. The number of nitrogen functional groups attached to an aromatic ring is 1. The van der Waals surface area contributed by atoms with Gasteiger partial charge in [0, 0.05) is 24.3 Å². The van der Waals surface area contributed by atoms with Crippen LogP contribution in [0.3, 0.4) is 0 Å². The normalized spacial score (nSPS) is 18.5. The lowest BCUT2D eigenvalue weighted by atomic mass is 10.2. The van der Waals surface area contributed by atoms with Gasteiger partial charge in [0.05, 0.1) is 12.3 Å². The minimum atomic E-state index is 0.795. The molecule has 2 N–H and O–H groups in total. The summed E-state index contributed by atoms with van der Waals surface area (Å²) in [4.78, 5) is 7.03. The minimum Gasteiger partial charge on any atom is -0.399 e. The van der Waals surface area contributed by atoms with Gasteiger partial charge in [-0.3, -0.25) is 0 Å². The Hall–Kier alpha value is -1.71. The van der Waals surface area contributed by atoms with E-state index in [0.29, 0.717) is 0 Å². The van der Waals surface area contributed by atoms with E-state index < -0.39 is 0 Å². The van der Waals surface area contributed by atoms with Crippen LogP contribution in [-0.4, -0.2) is 25.9 Å². The Balaban J connectivity index is 2.07. The molecule has 15 heavy (non-hydrogen) atoms. The van der Waals surface area contributed by atoms with Gasteiger partial charge in [-0.25, -0.2) is 0 Å². The molecule has 0 aromatic heterocycles. The highest BCUT2D eigenvalue weighted by atomic mass is 16.6. The smallest absolute Gasteiger partial charge is 0.106 e. The SMILES string of the molecule is CO/N=C1/CCN(c2ccc(N)cc2)C1. The van der Waals surface area contributed by atoms with Crippen molar-refractivity contribution in [2.24, 2.45) is 5.16 Å². The first kappa shape index (κ1) is 9.83. The van der Waals surface area contributed by atoms with E-state index in [2.05, 4.69) is 10.1 Å². The van der Waals surface area contributed by atoms with Crippen molar-refractivity contribution in [3.05, 3.63) is 24.3 Å². The number of benzene rings is 1. The Labute approximate surface area is 89.3 Å². The third-order valence-electron chi connectivity index (χ3n) is 2.52. The maximum atomic E-state index is 5.64. The van der Waals surface area contributed by atoms with Crippen molar-refractivity contribution in [3.63, 3.8) is 0 Å². The molecule has 4 nitrogen and oxygen atoms in total. The zero-order valence-electron chi connectivity index (χ0n) is 8.81. The van der Waals surface area contributed by atoms with E-state index in [1.165, 1.54) is 5.69 Å². The molecule has 80 valence electrons. The van der Waals surface area contributed by atoms with Gasteiger partial charge in [0.2, 0.25) is 0 Å². The third-order valence-corrected chi connectivity index (χ3v) is 2.52. The van der Waals surface area contributed by atoms with Crippen LogP contribution in [0.5, 0.6) is 0 Å². The highest BCUT2D eigenvalue weighted by molar-refractivity contribution is 5.91. The number of nitrogens with two attached hydrogens (primary N) is 1. The minimum absolute atomic E-state index is 0.795. The van der Waals surface area contributed by atoms with Crippen LogP contribution in [0.25, 0.3) is 0 Å². The summed E-state index contributed by atoms with van der Waals surface area (Å²) in [6.45, 7) is 1.84. The van der Waals surface area contributed by atoms with E-state index in [9.17, 15) is 0 Å². The monoisotopic (exact) mass is 205 g/mol. The molecule has 1 aromatic rings. The summed E-state index contributed by atoms with van der Waals surface area (Å²) in [6, 6.07) is 7.90. The highest BCUT2D eigenvalue weighted by Gasteiger charge is 2.18. The van der Waals surface area contributed by atoms with E-state index in [0.717, 1.165) is 30.9 Å². The van der Waals surface area contributed by atoms with Crippen molar-refractivity contribution in [2.75, 3.05) is 30.8 Å². The fourth-order valence-corrected chi connectivity index (χ4v) is 1.75. The molecule has 1 aromatic carbocycles. The topological polar surface area (TPSA) is 50.8 Å². The molecule has 0 aliphatic carbocycles. The first-order valence-electron chi connectivity index (χ1n) is 4.99.